The summed E-state index contributed by atoms with van der Waals surface area (Å²) in [6, 6.07) is 3.89. The molecule has 2 heterocycles. The quantitative estimate of drug-likeness (QED) is 0.434. The number of nitro groups is 1. The Bertz CT molecular complexity index is 988. The molecule has 0 unspecified atom stereocenters. The predicted molar refractivity (Wildman–Crippen MR) is 116 cm³/mol. The lowest BCUT2D eigenvalue weighted by Crippen LogP contribution is -2.47. The summed E-state index contributed by atoms with van der Waals surface area (Å²) in [7, 11) is -3.87. The molecule has 2 fully saturated rings. The normalized spacial score (nSPS) is 17.9. The molecule has 2 aliphatic rings. The van der Waals surface area contributed by atoms with Crippen LogP contribution in [0.1, 0.15) is 19.8 Å². The number of nitrogens with one attached hydrogen (secondary N) is 2. The van der Waals surface area contributed by atoms with Crippen LogP contribution in [0.25, 0.3) is 0 Å². The summed E-state index contributed by atoms with van der Waals surface area (Å²) in [5.41, 5.74) is 4.46. The van der Waals surface area contributed by atoms with Crippen LogP contribution < -0.4 is 15.8 Å². The third kappa shape index (κ3) is 5.89. The van der Waals surface area contributed by atoms with Gasteiger partial charge in [0.05, 0.1) is 29.6 Å². The van der Waals surface area contributed by atoms with E-state index in [0.717, 1.165) is 6.07 Å². The van der Waals surface area contributed by atoms with E-state index in [2.05, 4.69) is 15.6 Å². The highest BCUT2D eigenvalue weighted by molar-refractivity contribution is 7.89. The van der Waals surface area contributed by atoms with E-state index in [1.165, 1.54) is 16.4 Å². The van der Waals surface area contributed by atoms with Gasteiger partial charge in [-0.25, -0.2) is 18.6 Å². The average Bonchev–Trinajstić information content (AvgIpc) is 2.83. The Morgan fingerprint density at radius 3 is 2.45 bits per heavy atom. The van der Waals surface area contributed by atoms with Gasteiger partial charge in [0.15, 0.2) is 0 Å². The smallest absolute Gasteiger partial charge is 0.426 e. The number of ether oxygens (including phenoxy) is 2. The number of carbonyl (C=O) groups excluding carboxylic acids is 2. The zero-order valence-corrected chi connectivity index (χ0v) is 19.0. The first kappa shape index (κ1) is 24.7. The van der Waals surface area contributed by atoms with Crippen molar-refractivity contribution >= 4 is 33.4 Å². The third-order valence-electron chi connectivity index (χ3n) is 5.52. The van der Waals surface area contributed by atoms with E-state index in [0.29, 0.717) is 31.6 Å². The van der Waals surface area contributed by atoms with Crippen LogP contribution in [-0.2, 0) is 24.3 Å². The number of benzene rings is 1. The summed E-state index contributed by atoms with van der Waals surface area (Å²) in [5.74, 6) is -0.757. The van der Waals surface area contributed by atoms with Crippen molar-refractivity contribution in [1.29, 1.82) is 0 Å². The van der Waals surface area contributed by atoms with Gasteiger partial charge in [0.1, 0.15) is 5.69 Å². The monoisotopic (exact) mass is 485 g/mol. The molecular formula is C19H27N5O8S. The van der Waals surface area contributed by atoms with Gasteiger partial charge in [-0.3, -0.25) is 20.3 Å². The summed E-state index contributed by atoms with van der Waals surface area (Å²) in [6.45, 7) is 3.46. The highest BCUT2D eigenvalue weighted by Gasteiger charge is 2.32. The fourth-order valence-electron chi connectivity index (χ4n) is 3.78. The van der Waals surface area contributed by atoms with Crippen molar-refractivity contribution in [1.82, 2.24) is 15.2 Å². The topological polar surface area (TPSA) is 160 Å². The SMILES string of the molecule is CCOC(=O)NNC(=O)C1CCN(c2ccc(S(=O)(=O)N3CCOCC3)cc2[N+](=O)[O-])CC1. The standard InChI is InChI=1S/C19H27N5O8S/c1-2-32-19(26)21-20-18(25)14-5-7-22(8-6-14)16-4-3-15(13-17(16)24(27)28)33(29,30)23-9-11-31-12-10-23/h3-4,13-14H,2,5-12H2,1H3,(H,20,25)(H,21,26). The van der Waals surface area contributed by atoms with Crippen LogP contribution in [0.4, 0.5) is 16.2 Å². The molecule has 2 amide bonds. The van der Waals surface area contributed by atoms with E-state index in [9.17, 15) is 28.1 Å². The second-order valence-electron chi connectivity index (χ2n) is 7.52. The minimum atomic E-state index is -3.87. The number of hydrogen-bond acceptors (Lipinski definition) is 9. The number of amides is 2. The van der Waals surface area contributed by atoms with E-state index in [1.807, 2.05) is 0 Å². The Labute approximate surface area is 191 Å². The van der Waals surface area contributed by atoms with Gasteiger partial charge in [-0.1, -0.05) is 0 Å². The molecule has 33 heavy (non-hydrogen) atoms. The summed E-state index contributed by atoms with van der Waals surface area (Å²) in [4.78, 5) is 36.3. The second-order valence-corrected chi connectivity index (χ2v) is 9.46. The highest BCUT2D eigenvalue weighted by atomic mass is 32.2. The van der Waals surface area contributed by atoms with Crippen LogP contribution >= 0.6 is 0 Å². The summed E-state index contributed by atoms with van der Waals surface area (Å²) >= 11 is 0. The molecule has 1 aromatic rings. The maximum Gasteiger partial charge on any atom is 0.426 e. The number of carbonyl (C=O) groups is 2. The Morgan fingerprint density at radius 1 is 1.18 bits per heavy atom. The lowest BCUT2D eigenvalue weighted by atomic mass is 9.95. The van der Waals surface area contributed by atoms with Crippen molar-refractivity contribution in [2.75, 3.05) is 50.9 Å². The van der Waals surface area contributed by atoms with E-state index < -0.39 is 21.0 Å². The Kier molecular flexibility index (Phi) is 8.05. The van der Waals surface area contributed by atoms with Crippen LogP contribution in [0.2, 0.25) is 0 Å². The molecular weight excluding hydrogens is 458 g/mol. The number of sulfonamides is 1. The second kappa shape index (κ2) is 10.8. The Morgan fingerprint density at radius 2 is 1.85 bits per heavy atom. The minimum Gasteiger partial charge on any atom is -0.449 e. The number of hydrazine groups is 1. The number of nitrogens with zero attached hydrogens (tertiary/aromatic N) is 3. The van der Waals surface area contributed by atoms with Gasteiger partial charge in [0, 0.05) is 38.2 Å². The van der Waals surface area contributed by atoms with Gasteiger partial charge in [-0.05, 0) is 31.9 Å². The van der Waals surface area contributed by atoms with Gasteiger partial charge in [0.2, 0.25) is 15.9 Å². The zero-order valence-electron chi connectivity index (χ0n) is 18.2. The molecule has 13 nitrogen and oxygen atoms in total. The van der Waals surface area contributed by atoms with E-state index in [4.69, 9.17) is 4.74 Å². The van der Waals surface area contributed by atoms with Gasteiger partial charge >= 0.3 is 6.09 Å². The van der Waals surface area contributed by atoms with Crippen LogP contribution in [-0.4, -0.2) is 75.6 Å². The molecule has 2 saturated heterocycles. The first-order chi connectivity index (χ1) is 15.7. The van der Waals surface area contributed by atoms with Crippen LogP contribution in [0.3, 0.4) is 0 Å². The van der Waals surface area contributed by atoms with Crippen molar-refractivity contribution < 1.29 is 32.4 Å². The molecule has 0 radical (unpaired) electrons. The van der Waals surface area contributed by atoms with E-state index in [1.54, 1.807) is 11.8 Å². The molecule has 0 atom stereocenters. The maximum absolute atomic E-state index is 12.9. The number of rotatable bonds is 6. The fourth-order valence-corrected chi connectivity index (χ4v) is 5.21. The first-order valence-corrected chi connectivity index (χ1v) is 12.0. The molecule has 14 heteroatoms. The lowest BCUT2D eigenvalue weighted by molar-refractivity contribution is -0.384. The minimum absolute atomic E-state index is 0.140. The lowest BCUT2D eigenvalue weighted by Gasteiger charge is -2.32. The van der Waals surface area contributed by atoms with Gasteiger partial charge < -0.3 is 14.4 Å². The molecule has 3 rings (SSSR count). The Hall–Kier alpha value is -2.97. The molecule has 0 aliphatic carbocycles. The number of piperidine rings is 1. The van der Waals surface area contributed by atoms with Crippen molar-refractivity contribution in [3.8, 4) is 0 Å². The molecule has 1 aromatic carbocycles. The van der Waals surface area contributed by atoms with Crippen molar-refractivity contribution in [3.05, 3.63) is 28.3 Å². The molecule has 0 aromatic heterocycles. The number of nitro benzene ring substituents is 1. The summed E-state index contributed by atoms with van der Waals surface area (Å²) < 4.78 is 36.8. The Balaban J connectivity index is 1.68. The molecule has 2 aliphatic heterocycles. The summed E-state index contributed by atoms with van der Waals surface area (Å²) in [5, 5.41) is 11.7. The molecule has 0 bridgehead atoms. The van der Waals surface area contributed by atoms with Crippen LogP contribution in [0, 0.1) is 16.0 Å². The fraction of sp³-hybridized carbons (Fsp3) is 0.579. The van der Waals surface area contributed by atoms with Crippen molar-refractivity contribution in [3.63, 3.8) is 0 Å². The van der Waals surface area contributed by atoms with E-state index >= 15 is 0 Å². The molecule has 0 saturated carbocycles. The maximum atomic E-state index is 12.9. The summed E-state index contributed by atoms with van der Waals surface area (Å²) in [6.07, 6.45) is 0.0499. The zero-order chi connectivity index (χ0) is 24.0. The highest BCUT2D eigenvalue weighted by Crippen LogP contribution is 2.34. The van der Waals surface area contributed by atoms with Crippen molar-refractivity contribution in [2.24, 2.45) is 5.92 Å². The van der Waals surface area contributed by atoms with Gasteiger partial charge in [-0.2, -0.15) is 4.31 Å². The molecule has 0 spiro atoms. The number of hydrogen-bond donors (Lipinski definition) is 2. The van der Waals surface area contributed by atoms with Gasteiger partial charge in [-0.15, -0.1) is 0 Å². The molecule has 182 valence electrons. The van der Waals surface area contributed by atoms with Crippen LogP contribution in [0.15, 0.2) is 23.1 Å². The van der Waals surface area contributed by atoms with Crippen LogP contribution in [0.5, 0.6) is 0 Å². The third-order valence-corrected chi connectivity index (χ3v) is 7.42. The van der Waals surface area contributed by atoms with Crippen molar-refractivity contribution in [2.45, 2.75) is 24.7 Å². The van der Waals surface area contributed by atoms with E-state index in [-0.39, 0.29) is 55.3 Å². The first-order valence-electron chi connectivity index (χ1n) is 10.6. The predicted octanol–water partition coefficient (Wildman–Crippen LogP) is 0.609. The van der Waals surface area contributed by atoms with Gasteiger partial charge in [0.25, 0.3) is 5.69 Å². The largest absolute Gasteiger partial charge is 0.449 e. The average molecular weight is 486 g/mol. The number of morpholine rings is 1. The molecule has 2 N–H and O–H groups in total. The number of anilines is 1.